The van der Waals surface area contributed by atoms with Gasteiger partial charge < -0.3 is 9.47 Å². The number of benzene rings is 1. The molecule has 0 unspecified atom stereocenters. The predicted molar refractivity (Wildman–Crippen MR) is 60.6 cm³/mol. The van der Waals surface area contributed by atoms with Crippen LogP contribution in [0.3, 0.4) is 0 Å². The van der Waals surface area contributed by atoms with Crippen LogP contribution >= 0.6 is 12.6 Å². The summed E-state index contributed by atoms with van der Waals surface area (Å²) in [6.07, 6.45) is 0.838. The van der Waals surface area contributed by atoms with E-state index in [4.69, 9.17) is 4.74 Å². The molecule has 0 spiro atoms. The lowest BCUT2D eigenvalue weighted by atomic mass is 10.1. The lowest BCUT2D eigenvalue weighted by Gasteiger charge is -2.09. The van der Waals surface area contributed by atoms with Gasteiger partial charge in [0.25, 0.3) is 0 Å². The van der Waals surface area contributed by atoms with Crippen molar-refractivity contribution in [3.8, 4) is 5.75 Å². The number of hydrogen-bond acceptors (Lipinski definition) is 4. The van der Waals surface area contributed by atoms with E-state index in [9.17, 15) is 4.79 Å². The monoisotopic (exact) mass is 226 g/mol. The molecule has 0 aliphatic rings. The molecular formula is C11H14O3S. The van der Waals surface area contributed by atoms with Crippen LogP contribution in [0, 0.1) is 0 Å². The number of carbonyl (C=O) groups excluding carboxylic acids is 1. The highest BCUT2D eigenvalue weighted by Gasteiger charge is 2.05. The molecule has 0 aliphatic heterocycles. The van der Waals surface area contributed by atoms with Crippen molar-refractivity contribution < 1.29 is 14.3 Å². The lowest BCUT2D eigenvalue weighted by molar-refractivity contribution is -0.142. The summed E-state index contributed by atoms with van der Waals surface area (Å²) in [5, 5.41) is 0. The molecule has 0 fully saturated rings. The van der Waals surface area contributed by atoms with Crippen LogP contribution in [0.15, 0.2) is 23.1 Å². The van der Waals surface area contributed by atoms with Crippen LogP contribution in [0.2, 0.25) is 0 Å². The van der Waals surface area contributed by atoms with Crippen LogP contribution in [-0.2, 0) is 16.0 Å². The predicted octanol–water partition coefficient (Wildman–Crippen LogP) is 2.09. The molecule has 0 atom stereocenters. The van der Waals surface area contributed by atoms with Crippen molar-refractivity contribution in [2.45, 2.75) is 18.2 Å². The van der Waals surface area contributed by atoms with Crippen molar-refractivity contribution in [1.29, 1.82) is 0 Å². The Kier molecular flexibility index (Phi) is 4.49. The van der Waals surface area contributed by atoms with E-state index >= 15 is 0 Å². The van der Waals surface area contributed by atoms with Gasteiger partial charge in [0.05, 0.1) is 7.11 Å². The van der Waals surface area contributed by atoms with Crippen molar-refractivity contribution >= 4 is 18.6 Å². The molecule has 0 aliphatic carbocycles. The molecule has 0 bridgehead atoms. The van der Waals surface area contributed by atoms with Crippen LogP contribution in [0.25, 0.3) is 0 Å². The molecule has 0 amide bonds. The van der Waals surface area contributed by atoms with Gasteiger partial charge in [0, 0.05) is 4.90 Å². The maximum Gasteiger partial charge on any atom is 0.343 e. The molecule has 0 saturated heterocycles. The van der Waals surface area contributed by atoms with E-state index in [1.165, 1.54) is 7.11 Å². The van der Waals surface area contributed by atoms with Gasteiger partial charge in [0.15, 0.2) is 6.61 Å². The highest BCUT2D eigenvalue weighted by Crippen LogP contribution is 2.22. The topological polar surface area (TPSA) is 35.5 Å². The van der Waals surface area contributed by atoms with Crippen molar-refractivity contribution in [2.75, 3.05) is 13.7 Å². The van der Waals surface area contributed by atoms with Crippen LogP contribution in [-0.4, -0.2) is 19.7 Å². The highest BCUT2D eigenvalue weighted by atomic mass is 32.1. The van der Waals surface area contributed by atoms with Crippen molar-refractivity contribution in [2.24, 2.45) is 0 Å². The SMILES string of the molecule is CCc1cc(S)ccc1OCC(=O)OC. The van der Waals surface area contributed by atoms with Crippen LogP contribution in [0.1, 0.15) is 12.5 Å². The number of thiol groups is 1. The normalized spacial score (nSPS) is 9.80. The summed E-state index contributed by atoms with van der Waals surface area (Å²) in [5.74, 6) is 0.327. The molecule has 0 saturated carbocycles. The number of aryl methyl sites for hydroxylation is 1. The Morgan fingerprint density at radius 3 is 2.80 bits per heavy atom. The molecule has 0 N–H and O–H groups in total. The molecule has 4 heteroatoms. The van der Waals surface area contributed by atoms with Gasteiger partial charge in [-0.1, -0.05) is 6.92 Å². The van der Waals surface area contributed by atoms with Gasteiger partial charge in [-0.2, -0.15) is 0 Å². The Bertz CT molecular complexity index is 350. The molecule has 0 radical (unpaired) electrons. The van der Waals surface area contributed by atoms with Crippen LogP contribution in [0.5, 0.6) is 5.75 Å². The molecule has 15 heavy (non-hydrogen) atoms. The first-order valence-corrected chi connectivity index (χ1v) is 5.13. The number of ether oxygens (including phenoxy) is 2. The molecule has 1 aromatic rings. The van der Waals surface area contributed by atoms with E-state index in [0.29, 0.717) is 5.75 Å². The maximum absolute atomic E-state index is 10.9. The maximum atomic E-state index is 10.9. The summed E-state index contributed by atoms with van der Waals surface area (Å²) < 4.78 is 9.82. The van der Waals surface area contributed by atoms with Crippen molar-refractivity contribution in [3.05, 3.63) is 23.8 Å². The summed E-state index contributed by atoms with van der Waals surface area (Å²) in [6, 6.07) is 5.56. The Hall–Kier alpha value is -1.16. The fraction of sp³-hybridized carbons (Fsp3) is 0.364. The van der Waals surface area contributed by atoms with Gasteiger partial charge in [0.2, 0.25) is 0 Å². The zero-order valence-electron chi connectivity index (χ0n) is 8.82. The Morgan fingerprint density at radius 1 is 1.47 bits per heavy atom. The zero-order valence-corrected chi connectivity index (χ0v) is 9.71. The number of esters is 1. The minimum Gasteiger partial charge on any atom is -0.482 e. The van der Waals surface area contributed by atoms with Crippen molar-refractivity contribution in [3.63, 3.8) is 0 Å². The lowest BCUT2D eigenvalue weighted by Crippen LogP contribution is -2.13. The van der Waals surface area contributed by atoms with E-state index in [1.807, 2.05) is 25.1 Å². The fourth-order valence-electron chi connectivity index (χ4n) is 1.18. The van der Waals surface area contributed by atoms with E-state index in [2.05, 4.69) is 17.4 Å². The standard InChI is InChI=1S/C11H14O3S/c1-3-8-6-9(15)4-5-10(8)14-7-11(12)13-2/h4-6,15H,3,7H2,1-2H3. The minimum atomic E-state index is -0.382. The number of rotatable bonds is 4. The second kappa shape index (κ2) is 5.66. The van der Waals surface area contributed by atoms with E-state index in [-0.39, 0.29) is 12.6 Å². The molecule has 82 valence electrons. The first kappa shape index (κ1) is 11.9. The summed E-state index contributed by atoms with van der Waals surface area (Å²) in [5.41, 5.74) is 1.03. The number of hydrogen-bond donors (Lipinski definition) is 1. The smallest absolute Gasteiger partial charge is 0.343 e. The molecule has 3 nitrogen and oxygen atoms in total. The van der Waals surface area contributed by atoms with Crippen molar-refractivity contribution in [1.82, 2.24) is 0 Å². The molecule has 0 heterocycles. The third-order valence-corrected chi connectivity index (χ3v) is 2.28. The molecule has 0 aromatic heterocycles. The van der Waals surface area contributed by atoms with E-state index in [1.54, 1.807) is 0 Å². The zero-order chi connectivity index (χ0) is 11.3. The third kappa shape index (κ3) is 3.47. The second-order valence-corrected chi connectivity index (χ2v) is 3.53. The second-order valence-electron chi connectivity index (χ2n) is 3.01. The van der Waals surface area contributed by atoms with Crippen LogP contribution in [0.4, 0.5) is 0 Å². The van der Waals surface area contributed by atoms with Gasteiger partial charge in [-0.05, 0) is 30.2 Å². The molecule has 1 aromatic carbocycles. The average molecular weight is 226 g/mol. The van der Waals surface area contributed by atoms with E-state index < -0.39 is 0 Å². The van der Waals surface area contributed by atoms with Gasteiger partial charge >= 0.3 is 5.97 Å². The van der Waals surface area contributed by atoms with Crippen LogP contribution < -0.4 is 4.74 Å². The number of methoxy groups -OCH3 is 1. The number of carbonyl (C=O) groups is 1. The summed E-state index contributed by atoms with van der Waals surface area (Å²) in [6.45, 7) is 1.96. The van der Waals surface area contributed by atoms with Gasteiger partial charge in [0.1, 0.15) is 5.75 Å². The van der Waals surface area contributed by atoms with Gasteiger partial charge in [-0.3, -0.25) is 0 Å². The first-order chi connectivity index (χ1) is 7.17. The summed E-state index contributed by atoms with van der Waals surface area (Å²) in [7, 11) is 1.34. The fourth-order valence-corrected chi connectivity index (χ4v) is 1.41. The van der Waals surface area contributed by atoms with Gasteiger partial charge in [-0.15, -0.1) is 12.6 Å². The quantitative estimate of drug-likeness (QED) is 0.630. The Balaban J connectivity index is 2.72. The Labute approximate surface area is 94.8 Å². The highest BCUT2D eigenvalue weighted by molar-refractivity contribution is 7.80. The minimum absolute atomic E-state index is 0.0601. The molecular weight excluding hydrogens is 212 g/mol. The van der Waals surface area contributed by atoms with Gasteiger partial charge in [-0.25, -0.2) is 4.79 Å². The molecule has 1 rings (SSSR count). The first-order valence-electron chi connectivity index (χ1n) is 4.69. The summed E-state index contributed by atoms with van der Waals surface area (Å²) in [4.78, 5) is 11.8. The largest absolute Gasteiger partial charge is 0.482 e. The average Bonchev–Trinajstić information content (AvgIpc) is 2.26. The van der Waals surface area contributed by atoms with E-state index in [0.717, 1.165) is 16.9 Å². The third-order valence-electron chi connectivity index (χ3n) is 2.00. The summed E-state index contributed by atoms with van der Waals surface area (Å²) >= 11 is 4.24. The Morgan fingerprint density at radius 2 is 2.20 bits per heavy atom.